The molecule has 0 fully saturated rings. The second-order valence-electron chi connectivity index (χ2n) is 3.69. The first-order valence-corrected chi connectivity index (χ1v) is 5.66. The molecule has 0 aliphatic rings. The van der Waals surface area contributed by atoms with Crippen LogP contribution in [0, 0.1) is 0 Å². The molecule has 0 saturated heterocycles. The Hall–Kier alpha value is -0.800. The number of ether oxygens (including phenoxy) is 1. The van der Waals surface area contributed by atoms with Gasteiger partial charge in [0, 0.05) is 25.7 Å². The van der Waals surface area contributed by atoms with Crippen LogP contribution in [0.4, 0.5) is 0 Å². The summed E-state index contributed by atoms with van der Waals surface area (Å²) in [6.45, 7) is 6.84. The van der Waals surface area contributed by atoms with Gasteiger partial charge in [-0.1, -0.05) is 0 Å². The smallest absolute Gasteiger partial charge is 0.105 e. The molecule has 1 aromatic heterocycles. The Morgan fingerprint density at radius 1 is 1.53 bits per heavy atom. The molecule has 0 saturated carbocycles. The quantitative estimate of drug-likeness (QED) is 0.670. The summed E-state index contributed by atoms with van der Waals surface area (Å²) in [5.41, 5.74) is 0. The van der Waals surface area contributed by atoms with Crippen molar-refractivity contribution in [3.05, 3.63) is 24.2 Å². The van der Waals surface area contributed by atoms with Crippen LogP contribution in [0.25, 0.3) is 0 Å². The number of hydrogen-bond donors (Lipinski definition) is 1. The lowest BCUT2D eigenvalue weighted by atomic mass is 10.2. The highest BCUT2D eigenvalue weighted by Gasteiger charge is 2.03. The number of furan rings is 1. The third kappa shape index (κ3) is 5.60. The van der Waals surface area contributed by atoms with E-state index in [2.05, 4.69) is 12.2 Å². The monoisotopic (exact) mass is 211 g/mol. The van der Waals surface area contributed by atoms with Gasteiger partial charge < -0.3 is 14.5 Å². The second kappa shape index (κ2) is 7.49. The highest BCUT2D eigenvalue weighted by molar-refractivity contribution is 4.99. The predicted molar refractivity (Wildman–Crippen MR) is 61.0 cm³/mol. The summed E-state index contributed by atoms with van der Waals surface area (Å²) in [6.07, 6.45) is 3.73. The van der Waals surface area contributed by atoms with E-state index >= 15 is 0 Å². The molecule has 3 heteroatoms. The second-order valence-corrected chi connectivity index (χ2v) is 3.69. The summed E-state index contributed by atoms with van der Waals surface area (Å²) in [7, 11) is 0. The molecule has 1 rings (SSSR count). The van der Waals surface area contributed by atoms with Crippen molar-refractivity contribution in [2.24, 2.45) is 0 Å². The predicted octanol–water partition coefficient (Wildman–Crippen LogP) is 2.23. The van der Waals surface area contributed by atoms with Gasteiger partial charge in [0.2, 0.25) is 0 Å². The van der Waals surface area contributed by atoms with E-state index in [4.69, 9.17) is 9.15 Å². The van der Waals surface area contributed by atoms with Crippen molar-refractivity contribution in [1.82, 2.24) is 5.32 Å². The topological polar surface area (TPSA) is 34.4 Å². The Morgan fingerprint density at radius 3 is 3.07 bits per heavy atom. The molecule has 1 aromatic rings. The zero-order chi connectivity index (χ0) is 10.9. The molecule has 0 aliphatic carbocycles. The Morgan fingerprint density at radius 2 is 2.40 bits per heavy atom. The molecule has 0 spiro atoms. The first-order chi connectivity index (χ1) is 7.33. The number of rotatable bonds is 8. The maximum absolute atomic E-state index is 5.28. The summed E-state index contributed by atoms with van der Waals surface area (Å²) < 4.78 is 10.5. The van der Waals surface area contributed by atoms with Crippen LogP contribution >= 0.6 is 0 Å². The number of nitrogens with one attached hydrogen (secondary N) is 1. The van der Waals surface area contributed by atoms with Gasteiger partial charge in [-0.2, -0.15) is 0 Å². The van der Waals surface area contributed by atoms with E-state index in [0.717, 1.165) is 38.4 Å². The van der Waals surface area contributed by atoms with Gasteiger partial charge in [0.05, 0.1) is 6.26 Å². The molecular formula is C12H21NO2. The highest BCUT2D eigenvalue weighted by Crippen LogP contribution is 2.03. The van der Waals surface area contributed by atoms with Crippen LogP contribution < -0.4 is 5.32 Å². The fourth-order valence-corrected chi connectivity index (χ4v) is 1.47. The van der Waals surface area contributed by atoms with Crippen molar-refractivity contribution < 1.29 is 9.15 Å². The summed E-state index contributed by atoms with van der Waals surface area (Å²) in [6, 6.07) is 4.40. The molecule has 1 N–H and O–H groups in total. The Labute approximate surface area is 91.8 Å². The summed E-state index contributed by atoms with van der Waals surface area (Å²) in [5.74, 6) is 1.04. The minimum Gasteiger partial charge on any atom is -0.469 e. The van der Waals surface area contributed by atoms with Crippen molar-refractivity contribution in [3.63, 3.8) is 0 Å². The SMILES string of the molecule is CCOCCCNC(C)Cc1ccco1. The van der Waals surface area contributed by atoms with Crippen molar-refractivity contribution in [1.29, 1.82) is 0 Å². The van der Waals surface area contributed by atoms with Gasteiger partial charge in [0.25, 0.3) is 0 Å². The van der Waals surface area contributed by atoms with Crippen LogP contribution in [0.5, 0.6) is 0 Å². The molecule has 1 unspecified atom stereocenters. The standard InChI is InChI=1S/C12H21NO2/c1-3-14-8-5-7-13-11(2)10-12-6-4-9-15-12/h4,6,9,11,13H,3,5,7-8,10H2,1-2H3. The fourth-order valence-electron chi connectivity index (χ4n) is 1.47. The lowest BCUT2D eigenvalue weighted by Gasteiger charge is -2.11. The minimum absolute atomic E-state index is 0.456. The summed E-state index contributed by atoms with van der Waals surface area (Å²) in [5, 5.41) is 3.44. The van der Waals surface area contributed by atoms with Crippen LogP contribution in [-0.2, 0) is 11.2 Å². The van der Waals surface area contributed by atoms with Gasteiger partial charge in [-0.15, -0.1) is 0 Å². The third-order valence-electron chi connectivity index (χ3n) is 2.25. The molecule has 0 radical (unpaired) electrons. The zero-order valence-corrected chi connectivity index (χ0v) is 9.66. The Kier molecular flexibility index (Phi) is 6.12. The van der Waals surface area contributed by atoms with Crippen LogP contribution in [0.2, 0.25) is 0 Å². The molecule has 0 aromatic carbocycles. The third-order valence-corrected chi connectivity index (χ3v) is 2.25. The van der Waals surface area contributed by atoms with Crippen LogP contribution in [0.1, 0.15) is 26.0 Å². The summed E-state index contributed by atoms with van der Waals surface area (Å²) >= 11 is 0. The average Bonchev–Trinajstić information content (AvgIpc) is 2.70. The molecule has 15 heavy (non-hydrogen) atoms. The van der Waals surface area contributed by atoms with E-state index in [1.54, 1.807) is 6.26 Å². The van der Waals surface area contributed by atoms with Crippen molar-refractivity contribution >= 4 is 0 Å². The molecule has 3 nitrogen and oxygen atoms in total. The van der Waals surface area contributed by atoms with E-state index < -0.39 is 0 Å². The van der Waals surface area contributed by atoms with Gasteiger partial charge in [0.15, 0.2) is 0 Å². The minimum atomic E-state index is 0.456. The highest BCUT2D eigenvalue weighted by atomic mass is 16.5. The van der Waals surface area contributed by atoms with E-state index in [1.165, 1.54) is 0 Å². The molecule has 0 aliphatic heterocycles. The Balaban J connectivity index is 2.01. The first kappa shape index (κ1) is 12.3. The van der Waals surface area contributed by atoms with E-state index in [-0.39, 0.29) is 0 Å². The van der Waals surface area contributed by atoms with Gasteiger partial charge in [-0.3, -0.25) is 0 Å². The van der Waals surface area contributed by atoms with Crippen LogP contribution in [0.3, 0.4) is 0 Å². The largest absolute Gasteiger partial charge is 0.469 e. The van der Waals surface area contributed by atoms with Crippen LogP contribution in [-0.4, -0.2) is 25.8 Å². The maximum atomic E-state index is 5.28. The van der Waals surface area contributed by atoms with Gasteiger partial charge in [-0.05, 0) is 38.9 Å². The molecular weight excluding hydrogens is 190 g/mol. The maximum Gasteiger partial charge on any atom is 0.105 e. The van der Waals surface area contributed by atoms with Crippen molar-refractivity contribution in [3.8, 4) is 0 Å². The summed E-state index contributed by atoms with van der Waals surface area (Å²) in [4.78, 5) is 0. The van der Waals surface area contributed by atoms with Gasteiger partial charge >= 0.3 is 0 Å². The Bertz CT molecular complexity index is 234. The van der Waals surface area contributed by atoms with Gasteiger partial charge in [0.1, 0.15) is 5.76 Å². The van der Waals surface area contributed by atoms with Gasteiger partial charge in [-0.25, -0.2) is 0 Å². The lowest BCUT2D eigenvalue weighted by Crippen LogP contribution is -2.29. The van der Waals surface area contributed by atoms with Crippen molar-refractivity contribution in [2.75, 3.05) is 19.8 Å². The first-order valence-electron chi connectivity index (χ1n) is 5.66. The van der Waals surface area contributed by atoms with E-state index in [9.17, 15) is 0 Å². The molecule has 1 atom stereocenters. The molecule has 0 amide bonds. The van der Waals surface area contributed by atoms with E-state index in [1.807, 2.05) is 19.1 Å². The average molecular weight is 211 g/mol. The normalized spacial score (nSPS) is 12.9. The van der Waals surface area contributed by atoms with Crippen molar-refractivity contribution in [2.45, 2.75) is 32.7 Å². The molecule has 0 bridgehead atoms. The molecule has 86 valence electrons. The van der Waals surface area contributed by atoms with Crippen LogP contribution in [0.15, 0.2) is 22.8 Å². The van der Waals surface area contributed by atoms with E-state index in [0.29, 0.717) is 6.04 Å². The number of hydrogen-bond acceptors (Lipinski definition) is 3. The molecule has 1 heterocycles. The lowest BCUT2D eigenvalue weighted by molar-refractivity contribution is 0.144. The fraction of sp³-hybridized carbons (Fsp3) is 0.667. The zero-order valence-electron chi connectivity index (χ0n) is 9.66.